The van der Waals surface area contributed by atoms with Crippen LogP contribution in [0.5, 0.6) is 0 Å². The van der Waals surface area contributed by atoms with Crippen molar-refractivity contribution < 1.29 is 9.63 Å². The van der Waals surface area contributed by atoms with Crippen LogP contribution in [-0.4, -0.2) is 11.7 Å². The van der Waals surface area contributed by atoms with Crippen LogP contribution in [0.25, 0.3) is 0 Å². The van der Waals surface area contributed by atoms with Crippen LogP contribution in [0.2, 0.25) is 0 Å². The van der Waals surface area contributed by atoms with Crippen LogP contribution in [0.4, 0.5) is 0 Å². The number of carbonyl (C=O) groups excluding carboxylic acids is 1. The van der Waals surface area contributed by atoms with E-state index >= 15 is 0 Å². The zero-order chi connectivity index (χ0) is 14.5. The van der Waals surface area contributed by atoms with Crippen LogP contribution in [-0.2, 0) is 20.5 Å². The lowest BCUT2D eigenvalue weighted by molar-refractivity contribution is -0.140. The number of fused-ring (bicyclic) bond motifs is 1. The van der Waals surface area contributed by atoms with Gasteiger partial charge in [0.15, 0.2) is 0 Å². The first-order chi connectivity index (χ1) is 9.29. The van der Waals surface area contributed by atoms with Gasteiger partial charge in [-0.15, -0.1) is 0 Å². The molecule has 3 nitrogen and oxygen atoms in total. The molecule has 20 heavy (non-hydrogen) atoms. The van der Waals surface area contributed by atoms with Crippen molar-refractivity contribution in [3.8, 4) is 0 Å². The molecule has 1 heterocycles. The average Bonchev–Trinajstić information content (AvgIpc) is 2.82. The van der Waals surface area contributed by atoms with Crippen molar-refractivity contribution in [1.29, 1.82) is 0 Å². The summed E-state index contributed by atoms with van der Waals surface area (Å²) in [7, 11) is 0. The number of nitrogens with zero attached hydrogens (tertiary/aromatic N) is 1. The third-order valence-electron chi connectivity index (χ3n) is 4.76. The van der Waals surface area contributed by atoms with E-state index in [1.54, 1.807) is 0 Å². The van der Waals surface area contributed by atoms with E-state index in [1.165, 1.54) is 24.0 Å². The van der Waals surface area contributed by atoms with Gasteiger partial charge >= 0.3 is 5.97 Å². The second-order valence-corrected chi connectivity index (χ2v) is 7.21. The van der Waals surface area contributed by atoms with Crippen molar-refractivity contribution in [2.75, 3.05) is 0 Å². The van der Waals surface area contributed by atoms with Crippen LogP contribution >= 0.6 is 0 Å². The van der Waals surface area contributed by atoms with Crippen LogP contribution in [0.1, 0.15) is 63.6 Å². The Labute approximate surface area is 120 Å². The molecule has 1 aliphatic carbocycles. The minimum atomic E-state index is -0.266. The topological polar surface area (TPSA) is 38.7 Å². The van der Waals surface area contributed by atoms with Crippen LogP contribution in [0.3, 0.4) is 0 Å². The first-order valence-corrected chi connectivity index (χ1v) is 7.22. The van der Waals surface area contributed by atoms with Gasteiger partial charge in [-0.2, -0.15) is 0 Å². The Morgan fingerprint density at radius 3 is 2.30 bits per heavy atom. The Morgan fingerprint density at radius 1 is 1.05 bits per heavy atom. The van der Waals surface area contributed by atoms with Gasteiger partial charge in [-0.05, 0) is 40.9 Å². The highest BCUT2D eigenvalue weighted by Crippen LogP contribution is 2.46. The molecule has 2 aliphatic rings. The van der Waals surface area contributed by atoms with Crippen molar-refractivity contribution >= 4 is 11.7 Å². The van der Waals surface area contributed by atoms with E-state index in [0.29, 0.717) is 0 Å². The lowest BCUT2D eigenvalue weighted by atomic mass is 9.63. The van der Waals surface area contributed by atoms with E-state index in [0.717, 1.165) is 11.3 Å². The fraction of sp³-hybridized carbons (Fsp3) is 0.529. The number of benzene rings is 1. The summed E-state index contributed by atoms with van der Waals surface area (Å²) >= 11 is 0. The van der Waals surface area contributed by atoms with Gasteiger partial charge in [-0.25, -0.2) is 4.79 Å². The molecule has 1 aliphatic heterocycles. The van der Waals surface area contributed by atoms with Gasteiger partial charge in [0.2, 0.25) is 0 Å². The zero-order valence-electron chi connectivity index (χ0n) is 12.6. The van der Waals surface area contributed by atoms with E-state index in [-0.39, 0.29) is 23.2 Å². The number of carbonyl (C=O) groups is 1. The fourth-order valence-electron chi connectivity index (χ4n) is 3.23. The third kappa shape index (κ3) is 2.05. The molecule has 0 atom stereocenters. The Kier molecular flexibility index (Phi) is 2.79. The van der Waals surface area contributed by atoms with Crippen molar-refractivity contribution in [2.45, 2.75) is 57.8 Å². The molecule has 0 amide bonds. The van der Waals surface area contributed by atoms with Gasteiger partial charge in [0, 0.05) is 5.56 Å². The lowest BCUT2D eigenvalue weighted by Gasteiger charge is -2.42. The van der Waals surface area contributed by atoms with Gasteiger partial charge in [0.05, 0.1) is 12.1 Å². The van der Waals surface area contributed by atoms with Crippen LogP contribution < -0.4 is 0 Å². The smallest absolute Gasteiger partial charge is 0.318 e. The Morgan fingerprint density at radius 2 is 1.70 bits per heavy atom. The third-order valence-corrected chi connectivity index (χ3v) is 4.76. The molecule has 0 fully saturated rings. The molecule has 1 aromatic rings. The molecular weight excluding hydrogens is 250 g/mol. The highest BCUT2D eigenvalue weighted by Gasteiger charge is 2.37. The molecule has 0 N–H and O–H groups in total. The summed E-state index contributed by atoms with van der Waals surface area (Å²) in [5.74, 6) is -0.266. The number of oxime groups is 1. The zero-order valence-corrected chi connectivity index (χ0v) is 12.6. The minimum absolute atomic E-state index is 0.172. The number of hydrogen-bond donors (Lipinski definition) is 0. The Balaban J connectivity index is 2.09. The maximum Gasteiger partial charge on any atom is 0.341 e. The Bertz CT molecular complexity index is 611. The van der Waals surface area contributed by atoms with Gasteiger partial charge in [-0.3, -0.25) is 0 Å². The Hall–Kier alpha value is -1.64. The molecule has 0 spiro atoms. The van der Waals surface area contributed by atoms with Crippen molar-refractivity contribution in [2.24, 2.45) is 5.16 Å². The molecule has 1 aromatic carbocycles. The standard InChI is InChI=1S/C17H21NO2/c1-16(2)7-8-17(3,4)13-9-11(5-6-12(13)16)14-10-15(19)20-18-14/h5-6,9H,7-8,10H2,1-4H3. The summed E-state index contributed by atoms with van der Waals surface area (Å²) in [6.07, 6.45) is 2.66. The summed E-state index contributed by atoms with van der Waals surface area (Å²) < 4.78 is 0. The average molecular weight is 271 g/mol. The van der Waals surface area contributed by atoms with E-state index in [9.17, 15) is 4.79 Å². The normalized spacial score (nSPS) is 23.0. The maximum atomic E-state index is 11.2. The van der Waals surface area contributed by atoms with Crippen molar-refractivity contribution in [1.82, 2.24) is 0 Å². The largest absolute Gasteiger partial charge is 0.341 e. The SMILES string of the molecule is CC1(C)CCC(C)(C)c2cc(C3=NOC(=O)C3)ccc21. The van der Waals surface area contributed by atoms with E-state index in [2.05, 4.69) is 51.0 Å². The fourth-order valence-corrected chi connectivity index (χ4v) is 3.23. The van der Waals surface area contributed by atoms with Crippen LogP contribution in [0.15, 0.2) is 23.4 Å². The summed E-state index contributed by atoms with van der Waals surface area (Å²) in [6, 6.07) is 6.48. The first-order valence-electron chi connectivity index (χ1n) is 7.22. The van der Waals surface area contributed by atoms with Gasteiger partial charge in [0.25, 0.3) is 0 Å². The molecule has 0 bridgehead atoms. The summed E-state index contributed by atoms with van der Waals surface area (Å²) in [5.41, 5.74) is 4.95. The summed E-state index contributed by atoms with van der Waals surface area (Å²) in [4.78, 5) is 15.9. The quantitative estimate of drug-likeness (QED) is 0.731. The highest BCUT2D eigenvalue weighted by atomic mass is 16.7. The minimum Gasteiger partial charge on any atom is -0.318 e. The molecule has 0 saturated heterocycles. The predicted octanol–water partition coefficient (Wildman–Crippen LogP) is 3.69. The van der Waals surface area contributed by atoms with Gasteiger partial charge in [-0.1, -0.05) is 45.0 Å². The van der Waals surface area contributed by atoms with Gasteiger partial charge < -0.3 is 4.84 Å². The molecule has 0 radical (unpaired) electrons. The van der Waals surface area contributed by atoms with Crippen molar-refractivity contribution in [3.05, 3.63) is 34.9 Å². The monoisotopic (exact) mass is 271 g/mol. The molecule has 3 rings (SSSR count). The second-order valence-electron chi connectivity index (χ2n) is 7.21. The van der Waals surface area contributed by atoms with E-state index in [1.807, 2.05) is 0 Å². The van der Waals surface area contributed by atoms with Crippen LogP contribution in [0, 0.1) is 0 Å². The molecule has 0 aromatic heterocycles. The maximum absolute atomic E-state index is 11.2. The molecular formula is C17H21NO2. The molecule has 0 saturated carbocycles. The predicted molar refractivity (Wildman–Crippen MR) is 79.0 cm³/mol. The second kappa shape index (κ2) is 4.18. The molecule has 0 unspecified atom stereocenters. The summed E-state index contributed by atoms with van der Waals surface area (Å²) in [5, 5.41) is 3.89. The first kappa shape index (κ1) is 13.3. The summed E-state index contributed by atoms with van der Waals surface area (Å²) in [6.45, 7) is 9.20. The van der Waals surface area contributed by atoms with E-state index in [4.69, 9.17) is 4.84 Å². The lowest BCUT2D eigenvalue weighted by Crippen LogP contribution is -2.34. The highest BCUT2D eigenvalue weighted by molar-refractivity contribution is 6.11. The van der Waals surface area contributed by atoms with Gasteiger partial charge in [0.1, 0.15) is 0 Å². The van der Waals surface area contributed by atoms with E-state index < -0.39 is 0 Å². The number of rotatable bonds is 1. The molecule has 3 heteroatoms. The number of hydrogen-bond acceptors (Lipinski definition) is 3. The molecule has 106 valence electrons. The van der Waals surface area contributed by atoms with Crippen molar-refractivity contribution in [3.63, 3.8) is 0 Å².